The summed E-state index contributed by atoms with van der Waals surface area (Å²) in [6.45, 7) is 2.47. The SMILES string of the molecule is COc1ccc2c(c1)C1CC1(C(=O)N1CC3CN(C(=O)O)CC3C1)Cn1c-2c(C2CCCCC2)c2ccc(C(=O)NS(=O)(=O)C3CC3)cc21. The van der Waals surface area contributed by atoms with Crippen molar-refractivity contribution in [3.05, 3.63) is 53.1 Å². The molecule has 3 aliphatic heterocycles. The fraction of sp³-hybridized carbons (Fsp3) is 0.541. The fourth-order valence-corrected chi connectivity index (χ4v) is 11.0. The molecule has 3 amide bonds. The van der Waals surface area contributed by atoms with Gasteiger partial charge in [-0.05, 0) is 79.5 Å². The number of hydrogen-bond acceptors (Lipinski definition) is 6. The van der Waals surface area contributed by atoms with Crippen LogP contribution >= 0.6 is 0 Å². The van der Waals surface area contributed by atoms with Crippen LogP contribution in [-0.2, 0) is 21.4 Å². The number of nitrogens with one attached hydrogen (secondary N) is 1. The zero-order valence-electron chi connectivity index (χ0n) is 27.7. The molecular weight excluding hydrogens is 644 g/mol. The number of carbonyl (C=O) groups excluding carboxylic acids is 2. The highest BCUT2D eigenvalue weighted by molar-refractivity contribution is 7.91. The van der Waals surface area contributed by atoms with E-state index in [9.17, 15) is 27.9 Å². The number of aromatic nitrogens is 1. The highest BCUT2D eigenvalue weighted by Gasteiger charge is 2.64. The topological polar surface area (TPSA) is 138 Å². The Kier molecular flexibility index (Phi) is 6.93. The van der Waals surface area contributed by atoms with Crippen molar-refractivity contribution in [2.45, 2.75) is 75.0 Å². The van der Waals surface area contributed by atoms with Gasteiger partial charge in [0, 0.05) is 72.5 Å². The van der Waals surface area contributed by atoms with E-state index in [1.807, 2.05) is 23.1 Å². The van der Waals surface area contributed by atoms with E-state index in [2.05, 4.69) is 21.4 Å². The molecule has 1 aromatic heterocycles. The first-order chi connectivity index (χ1) is 23.6. The van der Waals surface area contributed by atoms with Crippen LogP contribution in [0, 0.1) is 17.3 Å². The number of carboxylic acid groups (broad SMARTS) is 1. The van der Waals surface area contributed by atoms with E-state index in [-0.39, 0.29) is 29.2 Å². The number of amides is 3. The Morgan fingerprint density at radius 3 is 2.31 bits per heavy atom. The van der Waals surface area contributed by atoms with Crippen LogP contribution in [-0.4, -0.2) is 84.3 Å². The fourth-order valence-electron chi connectivity index (χ4n) is 9.70. The van der Waals surface area contributed by atoms with Crippen LogP contribution < -0.4 is 9.46 Å². The number of benzene rings is 2. The minimum absolute atomic E-state index is 0.00891. The summed E-state index contributed by atoms with van der Waals surface area (Å²) >= 11 is 0. The summed E-state index contributed by atoms with van der Waals surface area (Å²) in [5.41, 5.74) is 4.99. The first-order valence-corrected chi connectivity index (χ1v) is 19.3. The molecule has 3 saturated carbocycles. The molecule has 4 unspecified atom stereocenters. The number of nitrogens with zero attached hydrogens (tertiary/aromatic N) is 3. The number of ether oxygens (including phenoxy) is 1. The summed E-state index contributed by atoms with van der Waals surface area (Å²) in [4.78, 5) is 43.3. The van der Waals surface area contributed by atoms with Gasteiger partial charge in [0.1, 0.15) is 5.75 Å². The average molecular weight is 687 g/mol. The molecule has 9 rings (SSSR count). The van der Waals surface area contributed by atoms with Gasteiger partial charge in [0.15, 0.2) is 0 Å². The molecule has 3 aliphatic carbocycles. The first-order valence-electron chi connectivity index (χ1n) is 17.8. The van der Waals surface area contributed by atoms with Gasteiger partial charge in [0.2, 0.25) is 15.9 Å². The standard InChI is InChI=1S/C37H42N4O7S/c1-48-25-8-12-27-29(14-25)30-15-37(30,35(43)39-16-23-18-40(36(44)45)19-24(23)17-39)20-41-31-13-22(34(42)38-49(46,47)26-9-10-26)7-11-28(31)32(33(27)41)21-5-3-2-4-6-21/h7-8,11-14,21,23-24,26,30H,2-6,9-10,15-20H2,1H3,(H,38,42)(H,44,45). The van der Waals surface area contributed by atoms with E-state index in [0.717, 1.165) is 59.2 Å². The van der Waals surface area contributed by atoms with E-state index in [1.165, 1.54) is 16.9 Å². The Hall–Kier alpha value is -4.06. The predicted molar refractivity (Wildman–Crippen MR) is 182 cm³/mol. The molecule has 5 fully saturated rings. The zero-order chi connectivity index (χ0) is 33.8. The van der Waals surface area contributed by atoms with E-state index in [1.54, 1.807) is 13.2 Å². The summed E-state index contributed by atoms with van der Waals surface area (Å²) in [5, 5.41) is 10.1. The molecule has 49 heavy (non-hydrogen) atoms. The molecule has 0 spiro atoms. The monoisotopic (exact) mass is 686 g/mol. The summed E-state index contributed by atoms with van der Waals surface area (Å²) in [5.74, 6) is 0.827. The number of fused-ring (bicyclic) bond motifs is 8. The van der Waals surface area contributed by atoms with E-state index < -0.39 is 32.7 Å². The second-order valence-corrected chi connectivity index (χ2v) is 17.3. The van der Waals surface area contributed by atoms with Crippen LogP contribution in [0.4, 0.5) is 4.79 Å². The molecule has 2 saturated heterocycles. The van der Waals surface area contributed by atoms with Crippen molar-refractivity contribution in [1.29, 1.82) is 0 Å². The lowest BCUT2D eigenvalue weighted by Crippen LogP contribution is -2.40. The maximum Gasteiger partial charge on any atom is 0.407 e. The molecule has 3 aromatic rings. The van der Waals surface area contributed by atoms with Gasteiger partial charge >= 0.3 is 6.09 Å². The lowest BCUT2D eigenvalue weighted by atomic mass is 9.81. The van der Waals surface area contributed by atoms with Gasteiger partial charge in [0.05, 0.1) is 23.5 Å². The van der Waals surface area contributed by atoms with Crippen molar-refractivity contribution in [1.82, 2.24) is 19.1 Å². The second kappa shape index (κ2) is 11.0. The lowest BCUT2D eigenvalue weighted by molar-refractivity contribution is -0.137. The lowest BCUT2D eigenvalue weighted by Gasteiger charge is -2.26. The van der Waals surface area contributed by atoms with Gasteiger partial charge in [-0.1, -0.05) is 25.3 Å². The summed E-state index contributed by atoms with van der Waals surface area (Å²) in [7, 11) is -2.06. The van der Waals surface area contributed by atoms with Crippen LogP contribution in [0.3, 0.4) is 0 Å². The van der Waals surface area contributed by atoms with Crippen molar-refractivity contribution < 1.29 is 32.6 Å². The van der Waals surface area contributed by atoms with Crippen LogP contribution in [0.25, 0.3) is 22.2 Å². The summed E-state index contributed by atoms with van der Waals surface area (Å²) in [6, 6.07) is 11.8. The number of carbonyl (C=O) groups is 3. The Bertz CT molecular complexity index is 2020. The van der Waals surface area contributed by atoms with Crippen molar-refractivity contribution >= 4 is 38.8 Å². The first kappa shape index (κ1) is 31.0. The molecule has 4 atom stereocenters. The number of methoxy groups -OCH3 is 1. The third kappa shape index (κ3) is 4.87. The molecular formula is C37H42N4O7S. The highest BCUT2D eigenvalue weighted by atomic mass is 32.2. The largest absolute Gasteiger partial charge is 0.497 e. The maximum atomic E-state index is 14.8. The molecule has 2 N–H and O–H groups in total. The predicted octanol–water partition coefficient (Wildman–Crippen LogP) is 5.14. The smallest absolute Gasteiger partial charge is 0.407 e. The van der Waals surface area contributed by atoms with Crippen molar-refractivity contribution in [3.63, 3.8) is 0 Å². The minimum Gasteiger partial charge on any atom is -0.497 e. The molecule has 2 aromatic carbocycles. The number of hydrogen-bond donors (Lipinski definition) is 2. The van der Waals surface area contributed by atoms with Crippen molar-refractivity contribution in [3.8, 4) is 17.0 Å². The molecule has 11 nitrogen and oxygen atoms in total. The number of rotatable bonds is 6. The zero-order valence-corrected chi connectivity index (χ0v) is 28.5. The van der Waals surface area contributed by atoms with Crippen LogP contribution in [0.1, 0.15) is 84.7 Å². The highest BCUT2D eigenvalue weighted by Crippen LogP contribution is 2.66. The second-order valence-electron chi connectivity index (χ2n) is 15.4. The molecule has 258 valence electrons. The molecule has 0 radical (unpaired) electrons. The van der Waals surface area contributed by atoms with Gasteiger partial charge in [0.25, 0.3) is 5.91 Å². The minimum atomic E-state index is -3.72. The van der Waals surface area contributed by atoms with Crippen molar-refractivity contribution in [2.24, 2.45) is 17.3 Å². The Balaban J connectivity index is 1.17. The Labute approximate surface area is 285 Å². The van der Waals surface area contributed by atoms with Gasteiger partial charge < -0.3 is 24.2 Å². The van der Waals surface area contributed by atoms with Gasteiger partial charge in [-0.15, -0.1) is 0 Å². The van der Waals surface area contributed by atoms with Crippen LogP contribution in [0.2, 0.25) is 0 Å². The Morgan fingerprint density at radius 1 is 0.918 bits per heavy atom. The van der Waals surface area contributed by atoms with Crippen molar-refractivity contribution in [2.75, 3.05) is 33.3 Å². The van der Waals surface area contributed by atoms with E-state index >= 15 is 0 Å². The van der Waals surface area contributed by atoms with E-state index in [0.29, 0.717) is 57.9 Å². The number of sulfonamides is 1. The third-order valence-electron chi connectivity index (χ3n) is 12.5. The normalized spacial score (nSPS) is 27.6. The van der Waals surface area contributed by atoms with Gasteiger partial charge in [-0.2, -0.15) is 0 Å². The van der Waals surface area contributed by atoms with E-state index in [4.69, 9.17) is 4.74 Å². The third-order valence-corrected chi connectivity index (χ3v) is 14.3. The van der Waals surface area contributed by atoms with Gasteiger partial charge in [-0.25, -0.2) is 17.9 Å². The summed E-state index contributed by atoms with van der Waals surface area (Å²) in [6.07, 6.45) is 6.55. The molecule has 12 heteroatoms. The maximum absolute atomic E-state index is 14.8. The van der Waals surface area contributed by atoms with Crippen LogP contribution in [0.5, 0.6) is 5.75 Å². The molecule has 0 bridgehead atoms. The average Bonchev–Trinajstić information content (AvgIpc) is 3.97. The number of likely N-dealkylation sites (tertiary alicyclic amines) is 2. The van der Waals surface area contributed by atoms with Crippen LogP contribution in [0.15, 0.2) is 36.4 Å². The quantitative estimate of drug-likeness (QED) is 0.366. The molecule has 6 aliphatic rings. The van der Waals surface area contributed by atoms with Gasteiger partial charge in [-0.3, -0.25) is 9.59 Å². The Morgan fingerprint density at radius 2 is 1.63 bits per heavy atom. The summed E-state index contributed by atoms with van der Waals surface area (Å²) < 4.78 is 35.7. The molecule has 4 heterocycles.